The van der Waals surface area contributed by atoms with Gasteiger partial charge in [-0.2, -0.15) is 0 Å². The van der Waals surface area contributed by atoms with E-state index in [1.165, 1.54) is 37.0 Å². The molecule has 0 aromatic heterocycles. The molecule has 2 fully saturated rings. The molecule has 1 unspecified atom stereocenters. The highest BCUT2D eigenvalue weighted by Crippen LogP contribution is 2.44. The van der Waals surface area contributed by atoms with Gasteiger partial charge >= 0.3 is 0 Å². The highest BCUT2D eigenvalue weighted by Gasteiger charge is 2.39. The standard InChI is InChI=1S/C23H35NO2S2.C17H19NOS2/c1-18(2)12-15-23(13-6-3-7-14-23)22(25)24-20-10-4-5-11-21(20)28-27-17-19-9-8-16-26-19;1-17(2,3)16(19)18-14-11-7-8-12-15(14)21-20-13-9-5-4-6-10-13/h4-5,10-11,18-19H,3,6-9,12-17H2,1-2H3,(H,24,25);4-12H,1-3H3,(H,18,19). The lowest BCUT2D eigenvalue weighted by molar-refractivity contribution is -0.128. The zero-order valence-electron chi connectivity index (χ0n) is 29.8. The smallest absolute Gasteiger partial charge is 0.230 e. The SMILES string of the molecule is CC(C)(C)C(=O)Nc1ccccc1SSc1ccccc1.CC(C)CCC1(C(=O)Nc2ccccc2SSCC2CCCO2)CCCCC1. The van der Waals surface area contributed by atoms with E-state index in [9.17, 15) is 9.59 Å². The van der Waals surface area contributed by atoms with Crippen LogP contribution in [0.3, 0.4) is 0 Å². The van der Waals surface area contributed by atoms with Crippen molar-refractivity contribution in [3.05, 3.63) is 78.9 Å². The number of hydrogen-bond acceptors (Lipinski definition) is 7. The molecule has 1 saturated heterocycles. The zero-order valence-corrected chi connectivity index (χ0v) is 33.1. The fourth-order valence-electron chi connectivity index (χ4n) is 5.75. The Morgan fingerprint density at radius 2 is 1.41 bits per heavy atom. The fraction of sp³-hybridized carbons (Fsp3) is 0.500. The maximum atomic E-state index is 13.4. The molecule has 2 amide bonds. The summed E-state index contributed by atoms with van der Waals surface area (Å²) in [7, 11) is 6.94. The molecule has 0 bridgehead atoms. The Morgan fingerprint density at radius 1 is 0.796 bits per heavy atom. The van der Waals surface area contributed by atoms with Crippen LogP contribution in [0.2, 0.25) is 0 Å². The predicted octanol–water partition coefficient (Wildman–Crippen LogP) is 12.4. The zero-order chi connectivity index (χ0) is 35.1. The van der Waals surface area contributed by atoms with Gasteiger partial charge in [0, 0.05) is 37.9 Å². The number of para-hydroxylation sites is 2. The van der Waals surface area contributed by atoms with Crippen LogP contribution in [0.15, 0.2) is 93.5 Å². The van der Waals surface area contributed by atoms with Crippen LogP contribution in [0.25, 0.3) is 0 Å². The van der Waals surface area contributed by atoms with E-state index in [2.05, 4.69) is 48.7 Å². The third kappa shape index (κ3) is 13.2. The molecule has 49 heavy (non-hydrogen) atoms. The van der Waals surface area contributed by atoms with Crippen molar-refractivity contribution in [3.8, 4) is 0 Å². The van der Waals surface area contributed by atoms with Crippen LogP contribution in [0.1, 0.15) is 92.4 Å². The molecule has 9 heteroatoms. The number of hydrogen-bond donors (Lipinski definition) is 2. The van der Waals surface area contributed by atoms with Crippen molar-refractivity contribution in [2.45, 2.75) is 113 Å². The predicted molar refractivity (Wildman–Crippen MR) is 215 cm³/mol. The Hall–Kier alpha value is -2.04. The summed E-state index contributed by atoms with van der Waals surface area (Å²) in [6, 6.07) is 26.3. The van der Waals surface area contributed by atoms with E-state index >= 15 is 0 Å². The van der Waals surface area contributed by atoms with Gasteiger partial charge in [0.15, 0.2) is 0 Å². The van der Waals surface area contributed by atoms with Gasteiger partial charge in [-0.25, -0.2) is 0 Å². The molecule has 5 nitrogen and oxygen atoms in total. The van der Waals surface area contributed by atoms with E-state index in [4.69, 9.17) is 4.74 Å². The van der Waals surface area contributed by atoms with Crippen LogP contribution in [0, 0.1) is 16.7 Å². The second-order valence-corrected chi connectivity index (χ2v) is 19.0. The van der Waals surface area contributed by atoms with Gasteiger partial charge in [-0.3, -0.25) is 9.59 Å². The Morgan fingerprint density at radius 3 is 2.02 bits per heavy atom. The van der Waals surface area contributed by atoms with Crippen LogP contribution in [-0.4, -0.2) is 30.3 Å². The van der Waals surface area contributed by atoms with Gasteiger partial charge in [-0.05, 0) is 80.8 Å². The summed E-state index contributed by atoms with van der Waals surface area (Å²) in [5, 5.41) is 6.33. The van der Waals surface area contributed by atoms with Crippen molar-refractivity contribution in [1.29, 1.82) is 0 Å². The van der Waals surface area contributed by atoms with Crippen molar-refractivity contribution in [3.63, 3.8) is 0 Å². The Balaban J connectivity index is 0.000000230. The van der Waals surface area contributed by atoms with Gasteiger partial charge in [0.2, 0.25) is 11.8 Å². The normalized spacial score (nSPS) is 17.2. The molecule has 2 N–H and O–H groups in total. The van der Waals surface area contributed by atoms with E-state index < -0.39 is 5.41 Å². The summed E-state index contributed by atoms with van der Waals surface area (Å²) < 4.78 is 5.72. The number of ether oxygens (including phenoxy) is 1. The molecule has 266 valence electrons. The molecule has 0 spiro atoms. The van der Waals surface area contributed by atoms with Gasteiger partial charge in [0.1, 0.15) is 0 Å². The second kappa shape index (κ2) is 20.1. The Kier molecular flexibility index (Phi) is 16.3. The summed E-state index contributed by atoms with van der Waals surface area (Å²) in [6.45, 7) is 11.2. The minimum atomic E-state index is -0.398. The van der Waals surface area contributed by atoms with E-state index in [0.717, 1.165) is 59.2 Å². The van der Waals surface area contributed by atoms with Crippen molar-refractivity contribution in [2.24, 2.45) is 16.7 Å². The first-order chi connectivity index (χ1) is 23.6. The molecule has 0 radical (unpaired) electrons. The first kappa shape index (κ1) is 39.7. The molecular formula is C40H54N2O3S4. The van der Waals surface area contributed by atoms with Gasteiger partial charge in [0.05, 0.1) is 17.5 Å². The van der Waals surface area contributed by atoms with Crippen LogP contribution in [0.5, 0.6) is 0 Å². The summed E-state index contributed by atoms with van der Waals surface area (Å²) in [5.74, 6) is 1.92. The lowest BCUT2D eigenvalue weighted by atomic mass is 9.69. The molecule has 1 aliphatic heterocycles. The summed E-state index contributed by atoms with van der Waals surface area (Å²) >= 11 is 0. The average Bonchev–Trinajstić information content (AvgIpc) is 3.62. The lowest BCUT2D eigenvalue weighted by Gasteiger charge is -2.36. The van der Waals surface area contributed by atoms with Crippen LogP contribution >= 0.6 is 43.2 Å². The van der Waals surface area contributed by atoms with Crippen molar-refractivity contribution in [2.75, 3.05) is 23.0 Å². The maximum absolute atomic E-state index is 13.4. The van der Waals surface area contributed by atoms with Crippen LogP contribution < -0.4 is 10.6 Å². The summed E-state index contributed by atoms with van der Waals surface area (Å²) in [5.41, 5.74) is 1.26. The molecule has 3 aromatic rings. The largest absolute Gasteiger partial charge is 0.377 e. The molecule has 3 aromatic carbocycles. The minimum Gasteiger partial charge on any atom is -0.377 e. The number of carbonyl (C=O) groups is 2. The molecule has 1 saturated carbocycles. The maximum Gasteiger partial charge on any atom is 0.230 e. The number of nitrogens with one attached hydrogen (secondary N) is 2. The molecule has 1 atom stereocenters. The molecular weight excluding hydrogens is 685 g/mol. The van der Waals surface area contributed by atoms with Gasteiger partial charge in [0.25, 0.3) is 0 Å². The van der Waals surface area contributed by atoms with Crippen LogP contribution in [-0.2, 0) is 14.3 Å². The van der Waals surface area contributed by atoms with E-state index in [-0.39, 0.29) is 17.2 Å². The lowest BCUT2D eigenvalue weighted by Crippen LogP contribution is -2.38. The third-order valence-corrected chi connectivity index (χ3v) is 13.8. The minimum absolute atomic E-state index is 0.0280. The average molecular weight is 739 g/mol. The Bertz CT molecular complexity index is 1450. The first-order valence-corrected chi connectivity index (χ1v) is 22.1. The number of amides is 2. The number of rotatable bonds is 13. The van der Waals surface area contributed by atoms with E-state index in [1.54, 1.807) is 32.4 Å². The topological polar surface area (TPSA) is 67.4 Å². The second-order valence-electron chi connectivity index (χ2n) is 14.4. The number of anilines is 2. The quantitative estimate of drug-likeness (QED) is 0.169. The monoisotopic (exact) mass is 738 g/mol. The van der Waals surface area contributed by atoms with Crippen molar-refractivity contribution in [1.82, 2.24) is 0 Å². The molecule has 5 rings (SSSR count). The number of benzene rings is 3. The molecule has 1 heterocycles. The van der Waals surface area contributed by atoms with Gasteiger partial charge in [-0.15, -0.1) is 0 Å². The third-order valence-electron chi connectivity index (χ3n) is 8.84. The summed E-state index contributed by atoms with van der Waals surface area (Å²) in [6.07, 6.45) is 10.6. The highest BCUT2D eigenvalue weighted by molar-refractivity contribution is 8.77. The van der Waals surface area contributed by atoms with E-state index in [1.807, 2.05) is 86.2 Å². The van der Waals surface area contributed by atoms with E-state index in [0.29, 0.717) is 12.0 Å². The Labute approximate surface area is 310 Å². The molecule has 1 aliphatic carbocycles. The van der Waals surface area contributed by atoms with Crippen LogP contribution in [0.4, 0.5) is 11.4 Å². The summed E-state index contributed by atoms with van der Waals surface area (Å²) in [4.78, 5) is 28.9. The molecule has 2 aliphatic rings. The fourth-order valence-corrected chi connectivity index (χ4v) is 10.3. The van der Waals surface area contributed by atoms with Gasteiger partial charge < -0.3 is 15.4 Å². The first-order valence-electron chi connectivity index (χ1n) is 17.7. The van der Waals surface area contributed by atoms with Crippen molar-refractivity contribution < 1.29 is 14.3 Å². The number of carbonyl (C=O) groups excluding carboxylic acids is 2. The highest BCUT2D eigenvalue weighted by atomic mass is 33.1. The van der Waals surface area contributed by atoms with Crippen molar-refractivity contribution >= 4 is 66.4 Å². The van der Waals surface area contributed by atoms with Gasteiger partial charge in [-0.1, -0.05) is 140 Å².